The molecule has 1 N–H and O–H groups in total. The zero-order chi connectivity index (χ0) is 15.0. The standard InChI is InChI=1S/C16H13F2NO2/c17-13-2-3-14(18)12(8-13)9-19-6-5-10-7-11(16(20)21)1-4-15(10)19/h1-4,7-8H,5-6,9H2,(H,20,21). The Morgan fingerprint density at radius 3 is 2.76 bits per heavy atom. The maximum Gasteiger partial charge on any atom is 0.335 e. The quantitative estimate of drug-likeness (QED) is 0.943. The topological polar surface area (TPSA) is 40.5 Å². The molecule has 0 amide bonds. The van der Waals surface area contributed by atoms with Crippen LogP contribution in [-0.4, -0.2) is 17.6 Å². The Morgan fingerprint density at radius 1 is 1.19 bits per heavy atom. The van der Waals surface area contributed by atoms with E-state index in [1.807, 2.05) is 4.90 Å². The first kappa shape index (κ1) is 13.5. The summed E-state index contributed by atoms with van der Waals surface area (Å²) in [7, 11) is 0. The van der Waals surface area contributed by atoms with Crippen molar-refractivity contribution in [2.24, 2.45) is 0 Å². The normalized spacial score (nSPS) is 13.3. The molecule has 0 atom stereocenters. The fourth-order valence-corrected chi connectivity index (χ4v) is 2.64. The van der Waals surface area contributed by atoms with E-state index in [-0.39, 0.29) is 12.1 Å². The number of halogens is 2. The summed E-state index contributed by atoms with van der Waals surface area (Å²) in [5, 5.41) is 8.98. The number of aromatic carboxylic acids is 1. The van der Waals surface area contributed by atoms with Crippen LogP contribution in [0.15, 0.2) is 36.4 Å². The minimum Gasteiger partial charge on any atom is -0.478 e. The molecule has 1 aliphatic heterocycles. The molecule has 21 heavy (non-hydrogen) atoms. The van der Waals surface area contributed by atoms with E-state index in [1.165, 1.54) is 12.1 Å². The van der Waals surface area contributed by atoms with Crippen LogP contribution in [0.1, 0.15) is 21.5 Å². The molecule has 0 bridgehead atoms. The van der Waals surface area contributed by atoms with Crippen molar-refractivity contribution in [3.05, 3.63) is 64.7 Å². The molecule has 1 heterocycles. The number of carboxylic acids is 1. The van der Waals surface area contributed by atoms with Gasteiger partial charge in [-0.3, -0.25) is 0 Å². The molecule has 0 saturated carbocycles. The predicted molar refractivity (Wildman–Crippen MR) is 74.5 cm³/mol. The number of hydrogen-bond donors (Lipinski definition) is 1. The van der Waals surface area contributed by atoms with Gasteiger partial charge in [0, 0.05) is 24.3 Å². The summed E-state index contributed by atoms with van der Waals surface area (Å²) in [6.07, 6.45) is 0.702. The van der Waals surface area contributed by atoms with Crippen LogP contribution in [-0.2, 0) is 13.0 Å². The molecule has 2 aromatic carbocycles. The summed E-state index contributed by atoms with van der Waals surface area (Å²) >= 11 is 0. The van der Waals surface area contributed by atoms with Crippen molar-refractivity contribution in [1.82, 2.24) is 0 Å². The first-order chi connectivity index (χ1) is 10.0. The van der Waals surface area contributed by atoms with Crippen LogP contribution in [0.5, 0.6) is 0 Å². The highest BCUT2D eigenvalue weighted by Crippen LogP contribution is 2.30. The highest BCUT2D eigenvalue weighted by atomic mass is 19.1. The summed E-state index contributed by atoms with van der Waals surface area (Å²) in [5.74, 6) is -1.87. The summed E-state index contributed by atoms with van der Waals surface area (Å²) in [6, 6.07) is 8.30. The van der Waals surface area contributed by atoms with E-state index in [4.69, 9.17) is 5.11 Å². The zero-order valence-electron chi connectivity index (χ0n) is 11.1. The van der Waals surface area contributed by atoms with E-state index in [9.17, 15) is 13.6 Å². The molecule has 2 aromatic rings. The fraction of sp³-hybridized carbons (Fsp3) is 0.188. The number of carboxylic acid groups (broad SMARTS) is 1. The lowest BCUT2D eigenvalue weighted by Gasteiger charge is -2.20. The molecule has 5 heteroatoms. The highest BCUT2D eigenvalue weighted by Gasteiger charge is 2.21. The molecule has 0 aromatic heterocycles. The van der Waals surface area contributed by atoms with Crippen molar-refractivity contribution in [3.8, 4) is 0 Å². The Labute approximate surface area is 120 Å². The maximum absolute atomic E-state index is 13.7. The van der Waals surface area contributed by atoms with Crippen LogP contribution in [0.4, 0.5) is 14.5 Å². The average molecular weight is 289 g/mol. The van der Waals surface area contributed by atoms with Crippen LogP contribution in [0.2, 0.25) is 0 Å². The van der Waals surface area contributed by atoms with Gasteiger partial charge in [0.15, 0.2) is 0 Å². The molecule has 108 valence electrons. The van der Waals surface area contributed by atoms with Gasteiger partial charge in [-0.25, -0.2) is 13.6 Å². The fourth-order valence-electron chi connectivity index (χ4n) is 2.64. The van der Waals surface area contributed by atoms with Gasteiger partial charge in [-0.15, -0.1) is 0 Å². The van der Waals surface area contributed by atoms with Crippen LogP contribution in [0.25, 0.3) is 0 Å². The van der Waals surface area contributed by atoms with Crippen molar-refractivity contribution in [3.63, 3.8) is 0 Å². The number of fused-ring (bicyclic) bond motifs is 1. The number of carbonyl (C=O) groups is 1. The first-order valence-electron chi connectivity index (χ1n) is 6.59. The van der Waals surface area contributed by atoms with Crippen LogP contribution >= 0.6 is 0 Å². The van der Waals surface area contributed by atoms with E-state index >= 15 is 0 Å². The van der Waals surface area contributed by atoms with Gasteiger partial charge in [-0.05, 0) is 48.4 Å². The van der Waals surface area contributed by atoms with Crippen molar-refractivity contribution in [2.45, 2.75) is 13.0 Å². The van der Waals surface area contributed by atoms with Crippen LogP contribution in [0.3, 0.4) is 0 Å². The molecule has 0 fully saturated rings. The van der Waals surface area contributed by atoms with Gasteiger partial charge in [0.05, 0.1) is 5.56 Å². The summed E-state index contributed by atoms with van der Waals surface area (Å²) in [4.78, 5) is 12.9. The maximum atomic E-state index is 13.7. The van der Waals surface area contributed by atoms with Crippen LogP contribution in [0, 0.1) is 11.6 Å². The molecule has 0 saturated heterocycles. The molecule has 0 spiro atoms. The number of rotatable bonds is 3. The van der Waals surface area contributed by atoms with E-state index in [0.29, 0.717) is 18.5 Å². The van der Waals surface area contributed by atoms with E-state index in [2.05, 4.69) is 0 Å². The third-order valence-electron chi connectivity index (χ3n) is 3.69. The van der Waals surface area contributed by atoms with Gasteiger partial charge in [-0.2, -0.15) is 0 Å². The predicted octanol–water partition coefficient (Wildman–Crippen LogP) is 3.23. The Morgan fingerprint density at radius 2 is 2.00 bits per heavy atom. The molecule has 0 aliphatic carbocycles. The lowest BCUT2D eigenvalue weighted by atomic mass is 10.1. The SMILES string of the molecule is O=C(O)c1ccc2c(c1)CCN2Cc1cc(F)ccc1F. The smallest absolute Gasteiger partial charge is 0.335 e. The third kappa shape index (κ3) is 2.59. The largest absolute Gasteiger partial charge is 0.478 e. The van der Waals surface area contributed by atoms with Gasteiger partial charge in [-0.1, -0.05) is 0 Å². The monoisotopic (exact) mass is 289 g/mol. The van der Waals surface area contributed by atoms with Crippen LogP contribution < -0.4 is 4.90 Å². The Bertz CT molecular complexity index is 715. The zero-order valence-corrected chi connectivity index (χ0v) is 11.1. The number of nitrogens with zero attached hydrogens (tertiary/aromatic N) is 1. The molecular weight excluding hydrogens is 276 g/mol. The number of anilines is 1. The van der Waals surface area contributed by atoms with Crippen molar-refractivity contribution in [2.75, 3.05) is 11.4 Å². The molecular formula is C16H13F2NO2. The average Bonchev–Trinajstić information content (AvgIpc) is 2.85. The lowest BCUT2D eigenvalue weighted by molar-refractivity contribution is 0.0697. The Hall–Kier alpha value is -2.43. The van der Waals surface area contributed by atoms with E-state index in [0.717, 1.165) is 23.4 Å². The van der Waals surface area contributed by atoms with E-state index in [1.54, 1.807) is 12.1 Å². The van der Waals surface area contributed by atoms with Gasteiger partial charge in [0.1, 0.15) is 11.6 Å². The number of benzene rings is 2. The summed E-state index contributed by atoms with van der Waals surface area (Å²) in [6.45, 7) is 0.928. The second kappa shape index (κ2) is 5.16. The van der Waals surface area contributed by atoms with Gasteiger partial charge in [0.25, 0.3) is 0 Å². The van der Waals surface area contributed by atoms with Crippen molar-refractivity contribution >= 4 is 11.7 Å². The second-order valence-corrected chi connectivity index (χ2v) is 5.06. The Kier molecular flexibility index (Phi) is 3.33. The van der Waals surface area contributed by atoms with Gasteiger partial charge >= 0.3 is 5.97 Å². The molecule has 0 unspecified atom stereocenters. The van der Waals surface area contributed by atoms with Crippen molar-refractivity contribution < 1.29 is 18.7 Å². The van der Waals surface area contributed by atoms with E-state index < -0.39 is 17.6 Å². The molecule has 1 aliphatic rings. The van der Waals surface area contributed by atoms with Crippen molar-refractivity contribution in [1.29, 1.82) is 0 Å². The third-order valence-corrected chi connectivity index (χ3v) is 3.69. The number of hydrogen-bond acceptors (Lipinski definition) is 2. The van der Waals surface area contributed by atoms with Gasteiger partial charge in [0.2, 0.25) is 0 Å². The first-order valence-corrected chi connectivity index (χ1v) is 6.59. The lowest BCUT2D eigenvalue weighted by Crippen LogP contribution is -2.20. The minimum absolute atomic E-state index is 0.243. The highest BCUT2D eigenvalue weighted by molar-refractivity contribution is 5.88. The second-order valence-electron chi connectivity index (χ2n) is 5.06. The Balaban J connectivity index is 1.88. The molecule has 0 radical (unpaired) electrons. The summed E-state index contributed by atoms with van der Waals surface area (Å²) in [5.41, 5.74) is 2.34. The molecule has 3 rings (SSSR count). The summed E-state index contributed by atoms with van der Waals surface area (Å²) < 4.78 is 26.9. The molecule has 3 nitrogen and oxygen atoms in total. The van der Waals surface area contributed by atoms with Gasteiger partial charge < -0.3 is 10.0 Å². The minimum atomic E-state index is -0.965.